The number of anilines is 1. The summed E-state index contributed by atoms with van der Waals surface area (Å²) in [6.07, 6.45) is 7.26. The molecule has 5 nitrogen and oxygen atoms in total. The van der Waals surface area contributed by atoms with Crippen molar-refractivity contribution in [3.63, 3.8) is 0 Å². The molecule has 20 heavy (non-hydrogen) atoms. The minimum Gasteiger partial charge on any atom is -0.382 e. The maximum Gasteiger partial charge on any atom is 0.272 e. The summed E-state index contributed by atoms with van der Waals surface area (Å²) in [4.78, 5) is 23.8. The molecule has 0 amide bonds. The quantitative estimate of drug-likeness (QED) is 0.735. The van der Waals surface area contributed by atoms with Crippen molar-refractivity contribution < 1.29 is 0 Å². The van der Waals surface area contributed by atoms with Gasteiger partial charge in [-0.3, -0.25) is 19.8 Å². The van der Waals surface area contributed by atoms with Gasteiger partial charge in [-0.15, -0.1) is 0 Å². The fraction of sp³-hybridized carbons (Fsp3) is 0.467. The Labute approximate surface area is 116 Å². The molecule has 106 valence electrons. The molecule has 0 spiro atoms. The Hall–Kier alpha value is -2.04. The second-order valence-corrected chi connectivity index (χ2v) is 5.47. The third-order valence-electron chi connectivity index (χ3n) is 4.04. The van der Waals surface area contributed by atoms with Crippen LogP contribution in [0.3, 0.4) is 0 Å². The summed E-state index contributed by atoms with van der Waals surface area (Å²) in [6, 6.07) is 5.77. The van der Waals surface area contributed by atoms with E-state index in [1.54, 1.807) is 6.07 Å². The van der Waals surface area contributed by atoms with Crippen LogP contribution in [0.25, 0.3) is 10.8 Å². The number of aromatic nitrogens is 2. The third-order valence-corrected chi connectivity index (χ3v) is 4.04. The second-order valence-electron chi connectivity index (χ2n) is 5.47. The molecular formula is C15H19N3O2. The van der Waals surface area contributed by atoms with Gasteiger partial charge in [-0.2, -0.15) is 0 Å². The molecule has 3 N–H and O–H groups in total. The highest BCUT2D eigenvalue weighted by Crippen LogP contribution is 2.23. The number of benzene rings is 1. The molecule has 0 saturated heterocycles. The van der Waals surface area contributed by atoms with Gasteiger partial charge in [0.05, 0.1) is 10.8 Å². The van der Waals surface area contributed by atoms with E-state index < -0.39 is 0 Å². The third kappa shape index (κ3) is 2.48. The molecular weight excluding hydrogens is 254 g/mol. The van der Waals surface area contributed by atoms with E-state index in [4.69, 9.17) is 0 Å². The molecule has 1 aromatic heterocycles. The molecule has 0 atom stereocenters. The first kappa shape index (κ1) is 13.0. The summed E-state index contributed by atoms with van der Waals surface area (Å²) in [6.45, 7) is 0. The van der Waals surface area contributed by atoms with Gasteiger partial charge >= 0.3 is 0 Å². The van der Waals surface area contributed by atoms with Crippen molar-refractivity contribution in [2.45, 2.75) is 44.6 Å². The summed E-state index contributed by atoms with van der Waals surface area (Å²) >= 11 is 0. The van der Waals surface area contributed by atoms with Crippen molar-refractivity contribution in [1.29, 1.82) is 0 Å². The van der Waals surface area contributed by atoms with Crippen LogP contribution in [-0.2, 0) is 0 Å². The zero-order valence-corrected chi connectivity index (χ0v) is 11.4. The first-order chi connectivity index (χ1) is 9.75. The van der Waals surface area contributed by atoms with Crippen molar-refractivity contribution in [3.8, 4) is 0 Å². The summed E-state index contributed by atoms with van der Waals surface area (Å²) in [7, 11) is 0. The van der Waals surface area contributed by atoms with E-state index in [1.165, 1.54) is 25.7 Å². The van der Waals surface area contributed by atoms with Gasteiger partial charge < -0.3 is 5.32 Å². The number of H-pyrrole nitrogens is 2. The molecule has 3 rings (SSSR count). The molecule has 1 heterocycles. The second kappa shape index (κ2) is 5.53. The summed E-state index contributed by atoms with van der Waals surface area (Å²) in [5.41, 5.74) is 0.252. The number of hydrogen-bond donors (Lipinski definition) is 3. The Morgan fingerprint density at radius 2 is 1.65 bits per heavy atom. The number of hydrogen-bond acceptors (Lipinski definition) is 3. The van der Waals surface area contributed by atoms with Crippen molar-refractivity contribution >= 4 is 16.5 Å². The number of nitrogens with one attached hydrogen (secondary N) is 3. The van der Waals surface area contributed by atoms with Gasteiger partial charge in [0.15, 0.2) is 0 Å². The average Bonchev–Trinajstić information content (AvgIpc) is 2.72. The van der Waals surface area contributed by atoms with Gasteiger partial charge in [0.25, 0.3) is 11.1 Å². The highest BCUT2D eigenvalue weighted by Gasteiger charge is 2.14. The van der Waals surface area contributed by atoms with Gasteiger partial charge in [-0.1, -0.05) is 31.7 Å². The van der Waals surface area contributed by atoms with Gasteiger partial charge in [0, 0.05) is 11.7 Å². The lowest BCUT2D eigenvalue weighted by atomic mass is 10.1. The number of fused-ring (bicyclic) bond motifs is 1. The number of aromatic amines is 2. The molecule has 0 radical (unpaired) electrons. The minimum absolute atomic E-state index is 0.253. The van der Waals surface area contributed by atoms with Crippen LogP contribution in [0.4, 0.5) is 5.69 Å². The van der Waals surface area contributed by atoms with E-state index in [-0.39, 0.29) is 11.1 Å². The Morgan fingerprint density at radius 3 is 2.40 bits per heavy atom. The van der Waals surface area contributed by atoms with E-state index in [0.29, 0.717) is 16.8 Å². The molecule has 1 aliphatic carbocycles. The fourth-order valence-corrected chi connectivity index (χ4v) is 2.99. The van der Waals surface area contributed by atoms with Gasteiger partial charge in [0.1, 0.15) is 0 Å². The zero-order valence-electron chi connectivity index (χ0n) is 11.4. The van der Waals surface area contributed by atoms with Gasteiger partial charge in [-0.05, 0) is 25.0 Å². The molecule has 1 aromatic carbocycles. The van der Waals surface area contributed by atoms with Crippen LogP contribution in [-0.4, -0.2) is 16.2 Å². The van der Waals surface area contributed by atoms with E-state index in [1.807, 2.05) is 12.1 Å². The van der Waals surface area contributed by atoms with Crippen LogP contribution in [0.5, 0.6) is 0 Å². The van der Waals surface area contributed by atoms with Gasteiger partial charge in [0.2, 0.25) is 0 Å². The topological polar surface area (TPSA) is 77.8 Å². The first-order valence-corrected chi connectivity index (χ1v) is 7.26. The first-order valence-electron chi connectivity index (χ1n) is 7.26. The molecule has 0 bridgehead atoms. The maximum absolute atomic E-state index is 12.0. The van der Waals surface area contributed by atoms with E-state index in [0.717, 1.165) is 18.5 Å². The minimum atomic E-state index is -0.260. The summed E-state index contributed by atoms with van der Waals surface area (Å²) in [5, 5.41) is 9.12. The smallest absolute Gasteiger partial charge is 0.272 e. The fourth-order valence-electron chi connectivity index (χ4n) is 2.99. The Bertz CT molecular complexity index is 709. The lowest BCUT2D eigenvalue weighted by Crippen LogP contribution is -2.23. The van der Waals surface area contributed by atoms with Crippen LogP contribution in [0.1, 0.15) is 38.5 Å². The molecule has 0 aliphatic heterocycles. The Balaban J connectivity index is 2.01. The van der Waals surface area contributed by atoms with Crippen molar-refractivity contribution in [3.05, 3.63) is 38.9 Å². The van der Waals surface area contributed by atoms with Crippen LogP contribution in [0.2, 0.25) is 0 Å². The summed E-state index contributed by atoms with van der Waals surface area (Å²) in [5.74, 6) is 0. The lowest BCUT2D eigenvalue weighted by molar-refractivity contribution is 0.620. The van der Waals surface area contributed by atoms with E-state index in [2.05, 4.69) is 15.5 Å². The van der Waals surface area contributed by atoms with E-state index >= 15 is 0 Å². The SMILES string of the molecule is O=c1[nH][nH]c(=O)c2c(NC3CCCCCC3)cccc12. The predicted octanol–water partition coefficient (Wildman–Crippen LogP) is 2.35. The van der Waals surface area contributed by atoms with Crippen molar-refractivity contribution in [2.24, 2.45) is 0 Å². The highest BCUT2D eigenvalue weighted by atomic mass is 16.1. The molecule has 1 aliphatic rings. The highest BCUT2D eigenvalue weighted by molar-refractivity contribution is 5.92. The lowest BCUT2D eigenvalue weighted by Gasteiger charge is -2.18. The number of rotatable bonds is 2. The Morgan fingerprint density at radius 1 is 0.950 bits per heavy atom. The van der Waals surface area contributed by atoms with Crippen molar-refractivity contribution in [1.82, 2.24) is 10.2 Å². The molecule has 0 unspecified atom stereocenters. The van der Waals surface area contributed by atoms with Crippen LogP contribution >= 0.6 is 0 Å². The van der Waals surface area contributed by atoms with Crippen molar-refractivity contribution in [2.75, 3.05) is 5.32 Å². The molecule has 1 fully saturated rings. The van der Waals surface area contributed by atoms with E-state index in [9.17, 15) is 9.59 Å². The average molecular weight is 273 g/mol. The Kier molecular flexibility index (Phi) is 3.58. The molecule has 5 heteroatoms. The molecule has 1 saturated carbocycles. The standard InChI is InChI=1S/C15H19N3O2/c19-14-11-8-5-9-12(13(11)15(20)18-17-14)16-10-6-3-1-2-4-7-10/h5,8-10,16H,1-4,6-7H2,(H,17,19)(H,18,20). The largest absolute Gasteiger partial charge is 0.382 e. The molecule has 2 aromatic rings. The van der Waals surface area contributed by atoms with Gasteiger partial charge in [-0.25, -0.2) is 0 Å². The van der Waals surface area contributed by atoms with Crippen LogP contribution in [0, 0.1) is 0 Å². The monoisotopic (exact) mass is 273 g/mol. The summed E-state index contributed by atoms with van der Waals surface area (Å²) < 4.78 is 0. The van der Waals surface area contributed by atoms with Crippen LogP contribution < -0.4 is 16.4 Å². The normalized spacial score (nSPS) is 17.0. The van der Waals surface area contributed by atoms with Crippen LogP contribution in [0.15, 0.2) is 27.8 Å². The maximum atomic E-state index is 12.0. The predicted molar refractivity (Wildman–Crippen MR) is 80.3 cm³/mol. The zero-order chi connectivity index (χ0) is 13.9.